The van der Waals surface area contributed by atoms with Gasteiger partial charge in [0.15, 0.2) is 5.69 Å². The molecule has 0 saturated heterocycles. The number of imidazole rings is 1. The van der Waals surface area contributed by atoms with Crippen molar-refractivity contribution in [1.29, 1.82) is 0 Å². The summed E-state index contributed by atoms with van der Waals surface area (Å²) in [7, 11) is 0. The van der Waals surface area contributed by atoms with Gasteiger partial charge in [-0.05, 0) is 25.7 Å². The molecule has 1 fully saturated rings. The molecule has 1 saturated carbocycles. The number of aromatic nitrogens is 3. The second-order valence-electron chi connectivity index (χ2n) is 4.35. The molecule has 0 bridgehead atoms. The van der Waals surface area contributed by atoms with Crippen molar-refractivity contribution in [3.05, 3.63) is 23.7 Å². The van der Waals surface area contributed by atoms with Gasteiger partial charge in [-0.3, -0.25) is 4.40 Å². The van der Waals surface area contributed by atoms with Gasteiger partial charge in [-0.2, -0.15) is 4.98 Å². The van der Waals surface area contributed by atoms with Crippen molar-refractivity contribution in [3.8, 4) is 5.88 Å². The summed E-state index contributed by atoms with van der Waals surface area (Å²) in [6.07, 6.45) is 5.50. The zero-order valence-electron chi connectivity index (χ0n) is 9.96. The Hall–Kier alpha value is -2.11. The van der Waals surface area contributed by atoms with Crippen molar-refractivity contribution in [1.82, 2.24) is 14.4 Å². The van der Waals surface area contributed by atoms with Crippen LogP contribution in [0, 0.1) is 0 Å². The van der Waals surface area contributed by atoms with Gasteiger partial charge in [0.2, 0.25) is 11.7 Å². The summed E-state index contributed by atoms with van der Waals surface area (Å²) >= 11 is 0. The summed E-state index contributed by atoms with van der Waals surface area (Å²) < 4.78 is 6.53. The van der Waals surface area contributed by atoms with E-state index >= 15 is 0 Å². The van der Waals surface area contributed by atoms with Crippen LogP contribution in [0.3, 0.4) is 0 Å². The van der Waals surface area contributed by atoms with E-state index in [4.69, 9.17) is 4.74 Å². The predicted octanol–water partition coefficient (Wildman–Crippen LogP) is 1.49. The number of ether oxygens (including phenoxy) is 1. The number of carbonyl (C=O) groups excluding carboxylic acids is 1. The van der Waals surface area contributed by atoms with E-state index in [2.05, 4.69) is 9.97 Å². The number of fused-ring (bicyclic) bond motifs is 1. The number of carbonyl (C=O) groups is 1. The van der Waals surface area contributed by atoms with Gasteiger partial charge in [0.25, 0.3) is 0 Å². The number of rotatable bonds is 3. The summed E-state index contributed by atoms with van der Waals surface area (Å²) in [5.74, 6) is 0.219. The fourth-order valence-corrected chi connectivity index (χ4v) is 1.91. The summed E-state index contributed by atoms with van der Waals surface area (Å²) in [6, 6.07) is 0. The first kappa shape index (κ1) is 11.0. The second kappa shape index (κ2) is 3.97. The molecule has 1 N–H and O–H groups in total. The average molecular weight is 247 g/mol. The van der Waals surface area contributed by atoms with Crippen LogP contribution in [0.4, 0.5) is 0 Å². The summed E-state index contributed by atoms with van der Waals surface area (Å²) in [4.78, 5) is 19.6. The number of nitrogens with zero attached hydrogens (tertiary/aromatic N) is 3. The molecule has 6 nitrogen and oxygen atoms in total. The highest BCUT2D eigenvalue weighted by Crippen LogP contribution is 2.43. The largest absolute Gasteiger partial charge is 0.493 e. The van der Waals surface area contributed by atoms with Gasteiger partial charge in [-0.25, -0.2) is 9.78 Å². The van der Waals surface area contributed by atoms with Crippen LogP contribution in [0.2, 0.25) is 0 Å². The Morgan fingerprint density at radius 2 is 2.28 bits per heavy atom. The Morgan fingerprint density at radius 1 is 1.50 bits per heavy atom. The lowest BCUT2D eigenvalue weighted by molar-refractivity contribution is 0.0520. The molecule has 0 spiro atoms. The molecule has 18 heavy (non-hydrogen) atoms. The average Bonchev–Trinajstić information content (AvgIpc) is 3.09. The van der Waals surface area contributed by atoms with Crippen molar-refractivity contribution in [3.63, 3.8) is 0 Å². The molecular weight excluding hydrogens is 234 g/mol. The van der Waals surface area contributed by atoms with Crippen LogP contribution in [0.1, 0.15) is 41.7 Å². The maximum atomic E-state index is 11.5. The third-order valence-corrected chi connectivity index (χ3v) is 2.96. The first-order valence-corrected chi connectivity index (χ1v) is 5.94. The first-order chi connectivity index (χ1) is 8.69. The topological polar surface area (TPSA) is 76.7 Å². The fourth-order valence-electron chi connectivity index (χ4n) is 1.91. The van der Waals surface area contributed by atoms with Gasteiger partial charge in [0, 0.05) is 18.0 Å². The molecule has 0 radical (unpaired) electrons. The highest BCUT2D eigenvalue weighted by atomic mass is 16.5. The van der Waals surface area contributed by atoms with Crippen LogP contribution in [0.25, 0.3) is 5.78 Å². The standard InChI is InChI=1S/C12H13N3O3/c1-2-18-11(17)9-6-15-5-8(7-3-4-7)10(16)14-12(15)13-9/h5-7H,2-4H2,1H3,(H,13,14,16). The fraction of sp³-hybridized carbons (Fsp3) is 0.417. The van der Waals surface area contributed by atoms with E-state index in [9.17, 15) is 9.90 Å². The number of hydrogen-bond acceptors (Lipinski definition) is 5. The lowest BCUT2D eigenvalue weighted by Crippen LogP contribution is -2.04. The minimum absolute atomic E-state index is 0.00556. The Kier molecular flexibility index (Phi) is 2.43. The van der Waals surface area contributed by atoms with Crippen LogP contribution in [-0.2, 0) is 4.74 Å². The molecule has 2 heterocycles. The molecule has 0 atom stereocenters. The second-order valence-corrected chi connectivity index (χ2v) is 4.35. The Morgan fingerprint density at radius 3 is 2.94 bits per heavy atom. The maximum absolute atomic E-state index is 11.5. The molecule has 0 aromatic carbocycles. The molecule has 3 rings (SSSR count). The number of aromatic hydroxyl groups is 1. The zero-order chi connectivity index (χ0) is 12.7. The molecule has 0 aliphatic heterocycles. The van der Waals surface area contributed by atoms with Gasteiger partial charge in [-0.1, -0.05) is 0 Å². The van der Waals surface area contributed by atoms with Crippen molar-refractivity contribution in [2.75, 3.05) is 6.61 Å². The molecule has 0 amide bonds. The highest BCUT2D eigenvalue weighted by molar-refractivity contribution is 5.87. The Labute approximate surface area is 103 Å². The van der Waals surface area contributed by atoms with Gasteiger partial charge < -0.3 is 9.84 Å². The Balaban J connectivity index is 2.03. The molecule has 0 unspecified atom stereocenters. The maximum Gasteiger partial charge on any atom is 0.358 e. The van der Waals surface area contributed by atoms with Crippen LogP contribution in [-0.4, -0.2) is 32.1 Å². The molecule has 6 heteroatoms. The van der Waals surface area contributed by atoms with Gasteiger partial charge >= 0.3 is 5.97 Å². The minimum atomic E-state index is -0.476. The Bertz CT molecular complexity index is 616. The van der Waals surface area contributed by atoms with Crippen LogP contribution < -0.4 is 0 Å². The van der Waals surface area contributed by atoms with Crippen LogP contribution in [0.5, 0.6) is 5.88 Å². The van der Waals surface area contributed by atoms with Crippen molar-refractivity contribution in [2.45, 2.75) is 25.7 Å². The van der Waals surface area contributed by atoms with Crippen LogP contribution in [0.15, 0.2) is 12.4 Å². The van der Waals surface area contributed by atoms with Crippen LogP contribution >= 0.6 is 0 Å². The highest BCUT2D eigenvalue weighted by Gasteiger charge is 2.28. The van der Waals surface area contributed by atoms with E-state index in [1.807, 2.05) is 0 Å². The van der Waals surface area contributed by atoms with E-state index in [0.29, 0.717) is 18.3 Å². The quantitative estimate of drug-likeness (QED) is 0.831. The molecule has 1 aliphatic rings. The summed E-state index contributed by atoms with van der Waals surface area (Å²) in [6.45, 7) is 2.04. The number of esters is 1. The third-order valence-electron chi connectivity index (χ3n) is 2.96. The van der Waals surface area contributed by atoms with Crippen molar-refractivity contribution >= 4 is 11.7 Å². The van der Waals surface area contributed by atoms with Crippen molar-refractivity contribution in [2.24, 2.45) is 0 Å². The normalized spacial score (nSPS) is 14.9. The molecule has 2 aromatic rings. The first-order valence-electron chi connectivity index (χ1n) is 5.94. The van der Waals surface area contributed by atoms with E-state index in [1.54, 1.807) is 23.7 Å². The lowest BCUT2D eigenvalue weighted by atomic mass is 10.2. The minimum Gasteiger partial charge on any atom is -0.493 e. The zero-order valence-corrected chi connectivity index (χ0v) is 9.96. The van der Waals surface area contributed by atoms with E-state index in [0.717, 1.165) is 18.4 Å². The molecular formula is C12H13N3O3. The molecule has 2 aromatic heterocycles. The van der Waals surface area contributed by atoms with E-state index < -0.39 is 5.97 Å². The number of hydrogen-bond donors (Lipinski definition) is 1. The third kappa shape index (κ3) is 1.79. The van der Waals surface area contributed by atoms with Gasteiger partial charge in [-0.15, -0.1) is 0 Å². The predicted molar refractivity (Wildman–Crippen MR) is 62.6 cm³/mol. The van der Waals surface area contributed by atoms with Crippen molar-refractivity contribution < 1.29 is 14.6 Å². The summed E-state index contributed by atoms with van der Waals surface area (Å²) in [5.41, 5.74) is 1.02. The van der Waals surface area contributed by atoms with Gasteiger partial charge in [0.1, 0.15) is 0 Å². The SMILES string of the molecule is CCOC(=O)c1cn2cc(C3CC3)c(O)nc2n1. The summed E-state index contributed by atoms with van der Waals surface area (Å²) in [5, 5.41) is 9.79. The molecule has 1 aliphatic carbocycles. The molecule has 94 valence electrons. The van der Waals surface area contributed by atoms with E-state index in [-0.39, 0.29) is 11.6 Å². The lowest BCUT2D eigenvalue weighted by Gasteiger charge is -2.01. The van der Waals surface area contributed by atoms with E-state index in [1.165, 1.54) is 0 Å². The van der Waals surface area contributed by atoms with Gasteiger partial charge in [0.05, 0.1) is 6.61 Å². The monoisotopic (exact) mass is 247 g/mol. The smallest absolute Gasteiger partial charge is 0.358 e.